The maximum absolute atomic E-state index is 13.4. The number of aromatic hydroxyl groups is 1. The van der Waals surface area contributed by atoms with Gasteiger partial charge in [-0.15, -0.1) is 0 Å². The number of hydrogen-bond acceptors (Lipinski definition) is 7. The summed E-state index contributed by atoms with van der Waals surface area (Å²) in [6.45, 7) is 7.52. The highest BCUT2D eigenvalue weighted by Gasteiger charge is 2.32. The quantitative estimate of drug-likeness (QED) is 0.154. The maximum Gasteiger partial charge on any atom is 0.326 e. The van der Waals surface area contributed by atoms with Crippen LogP contribution < -0.4 is 27.4 Å². The largest absolute Gasteiger partial charge is 0.508 e. The fraction of sp³-hybridized carbons (Fsp3) is 0.615. The highest BCUT2D eigenvalue weighted by molar-refractivity contribution is 5.94. The lowest BCUT2D eigenvalue weighted by Crippen LogP contribution is -2.58. The van der Waals surface area contributed by atoms with Crippen LogP contribution in [-0.4, -0.2) is 64.6 Å². The molecule has 0 radical (unpaired) electrons. The number of unbranched alkanes of at least 4 members (excludes halogenated alkanes) is 1. The Morgan fingerprint density at radius 2 is 1.46 bits per heavy atom. The van der Waals surface area contributed by atoms with E-state index in [1.54, 1.807) is 32.9 Å². The molecule has 11 nitrogen and oxygen atoms in total. The van der Waals surface area contributed by atoms with Crippen molar-refractivity contribution in [3.8, 4) is 5.75 Å². The molecule has 208 valence electrons. The van der Waals surface area contributed by atoms with Crippen molar-refractivity contribution in [1.82, 2.24) is 16.0 Å². The van der Waals surface area contributed by atoms with Gasteiger partial charge in [-0.3, -0.25) is 14.4 Å². The fourth-order valence-electron chi connectivity index (χ4n) is 3.62. The lowest BCUT2D eigenvalue weighted by atomic mass is 9.98. The van der Waals surface area contributed by atoms with E-state index in [4.69, 9.17) is 11.5 Å². The number of nitrogens with two attached hydrogens (primary N) is 2. The zero-order valence-electron chi connectivity index (χ0n) is 22.2. The van der Waals surface area contributed by atoms with Crippen LogP contribution >= 0.6 is 0 Å². The molecule has 0 bridgehead atoms. The summed E-state index contributed by atoms with van der Waals surface area (Å²) in [6, 6.07) is 2.15. The first kappa shape index (κ1) is 31.8. The van der Waals surface area contributed by atoms with Crippen molar-refractivity contribution in [1.29, 1.82) is 0 Å². The Kier molecular flexibility index (Phi) is 13.6. The zero-order valence-corrected chi connectivity index (χ0v) is 22.2. The van der Waals surface area contributed by atoms with E-state index in [0.717, 1.165) is 0 Å². The van der Waals surface area contributed by atoms with Crippen LogP contribution in [0.1, 0.15) is 58.9 Å². The Labute approximate surface area is 218 Å². The highest BCUT2D eigenvalue weighted by Crippen LogP contribution is 2.13. The average Bonchev–Trinajstić information content (AvgIpc) is 2.85. The summed E-state index contributed by atoms with van der Waals surface area (Å²) in [7, 11) is 0. The molecule has 0 aliphatic heterocycles. The van der Waals surface area contributed by atoms with Gasteiger partial charge >= 0.3 is 5.97 Å². The molecule has 9 N–H and O–H groups in total. The van der Waals surface area contributed by atoms with Crippen molar-refractivity contribution < 1.29 is 29.4 Å². The molecule has 0 aliphatic carbocycles. The third-order valence-corrected chi connectivity index (χ3v) is 6.39. The monoisotopic (exact) mass is 521 g/mol. The second-order valence-corrected chi connectivity index (χ2v) is 9.76. The van der Waals surface area contributed by atoms with Crippen molar-refractivity contribution in [3.05, 3.63) is 29.8 Å². The van der Waals surface area contributed by atoms with Crippen LogP contribution in [0.2, 0.25) is 0 Å². The first-order valence-electron chi connectivity index (χ1n) is 12.8. The molecule has 1 aromatic rings. The lowest BCUT2D eigenvalue weighted by molar-refractivity contribution is -0.144. The molecule has 0 fully saturated rings. The van der Waals surface area contributed by atoms with Gasteiger partial charge < -0.3 is 37.6 Å². The summed E-state index contributed by atoms with van der Waals surface area (Å²) in [6.07, 6.45) is 2.02. The second kappa shape index (κ2) is 15.8. The van der Waals surface area contributed by atoms with Crippen molar-refractivity contribution in [2.24, 2.45) is 23.3 Å². The number of rotatable bonds is 16. The van der Waals surface area contributed by atoms with E-state index in [1.807, 2.05) is 6.92 Å². The van der Waals surface area contributed by atoms with Gasteiger partial charge in [-0.05, 0) is 55.3 Å². The lowest BCUT2D eigenvalue weighted by Gasteiger charge is -2.27. The van der Waals surface area contributed by atoms with E-state index in [-0.39, 0.29) is 30.4 Å². The van der Waals surface area contributed by atoms with E-state index >= 15 is 0 Å². The predicted molar refractivity (Wildman–Crippen MR) is 140 cm³/mol. The summed E-state index contributed by atoms with van der Waals surface area (Å²) in [5, 5.41) is 27.1. The van der Waals surface area contributed by atoms with Crippen LogP contribution in [0.3, 0.4) is 0 Å². The van der Waals surface area contributed by atoms with Crippen molar-refractivity contribution in [2.75, 3.05) is 6.54 Å². The number of nitrogens with one attached hydrogen (secondary N) is 3. The minimum absolute atomic E-state index is 0.0570. The summed E-state index contributed by atoms with van der Waals surface area (Å²) in [5.41, 5.74) is 12.2. The third-order valence-electron chi connectivity index (χ3n) is 6.39. The van der Waals surface area contributed by atoms with E-state index < -0.39 is 47.9 Å². The van der Waals surface area contributed by atoms with E-state index in [0.29, 0.717) is 31.4 Å². The number of carbonyl (C=O) groups is 4. The number of phenols is 1. The van der Waals surface area contributed by atoms with E-state index in [2.05, 4.69) is 16.0 Å². The van der Waals surface area contributed by atoms with Crippen LogP contribution in [0.15, 0.2) is 24.3 Å². The molecule has 3 amide bonds. The fourth-order valence-corrected chi connectivity index (χ4v) is 3.62. The topological polar surface area (TPSA) is 197 Å². The van der Waals surface area contributed by atoms with Crippen LogP contribution in [0.25, 0.3) is 0 Å². The van der Waals surface area contributed by atoms with Gasteiger partial charge in [0.15, 0.2) is 0 Å². The van der Waals surface area contributed by atoms with Gasteiger partial charge in [0, 0.05) is 6.42 Å². The van der Waals surface area contributed by atoms with E-state index in [1.165, 1.54) is 12.1 Å². The van der Waals surface area contributed by atoms with Crippen LogP contribution in [0.5, 0.6) is 5.75 Å². The predicted octanol–water partition coefficient (Wildman–Crippen LogP) is 0.632. The molecule has 37 heavy (non-hydrogen) atoms. The number of benzene rings is 1. The average molecular weight is 522 g/mol. The van der Waals surface area contributed by atoms with Gasteiger partial charge in [-0.1, -0.05) is 46.2 Å². The smallest absolute Gasteiger partial charge is 0.326 e. The molecular formula is C26H43N5O6. The standard InChI is InChI=1S/C26H43N5O6/c1-5-16(4)22(26(36)37)31-23(33)19(8-6-7-13-27)29-24(34)20(30-25(35)21(28)15(2)3)14-17-9-11-18(32)12-10-17/h9-12,15-16,19-22,32H,5-8,13-14,27-28H2,1-4H3,(H,29,34)(H,30,35)(H,31,33)(H,36,37). The SMILES string of the molecule is CCC(C)C(NC(=O)C(CCCCN)NC(=O)C(Cc1ccc(O)cc1)NC(=O)C(N)C(C)C)C(=O)O. The molecule has 5 unspecified atom stereocenters. The summed E-state index contributed by atoms with van der Waals surface area (Å²) in [5.74, 6) is -3.33. The van der Waals surface area contributed by atoms with Crippen LogP contribution in [0.4, 0.5) is 0 Å². The van der Waals surface area contributed by atoms with Gasteiger partial charge in [-0.2, -0.15) is 0 Å². The maximum atomic E-state index is 13.4. The Morgan fingerprint density at radius 3 is 1.97 bits per heavy atom. The first-order chi connectivity index (χ1) is 17.4. The normalized spacial score (nSPS) is 15.2. The minimum Gasteiger partial charge on any atom is -0.508 e. The number of aliphatic carboxylic acids is 1. The Balaban J connectivity index is 3.16. The van der Waals surface area contributed by atoms with Gasteiger partial charge in [0.2, 0.25) is 17.7 Å². The molecule has 0 heterocycles. The van der Waals surface area contributed by atoms with Gasteiger partial charge in [0.25, 0.3) is 0 Å². The number of carboxylic acid groups (broad SMARTS) is 1. The Morgan fingerprint density at radius 1 is 0.892 bits per heavy atom. The van der Waals surface area contributed by atoms with Crippen molar-refractivity contribution in [3.63, 3.8) is 0 Å². The molecule has 0 aromatic heterocycles. The number of phenolic OH excluding ortho intramolecular Hbond substituents is 1. The first-order valence-corrected chi connectivity index (χ1v) is 12.8. The number of carboxylic acids is 1. The highest BCUT2D eigenvalue weighted by atomic mass is 16.4. The Bertz CT molecular complexity index is 892. The van der Waals surface area contributed by atoms with Crippen LogP contribution in [-0.2, 0) is 25.6 Å². The minimum atomic E-state index is -1.16. The molecule has 11 heteroatoms. The van der Waals surface area contributed by atoms with Crippen molar-refractivity contribution >= 4 is 23.7 Å². The Hall–Kier alpha value is -3.18. The molecule has 5 atom stereocenters. The van der Waals surface area contributed by atoms with Gasteiger partial charge in [0.1, 0.15) is 23.9 Å². The molecule has 0 aliphatic rings. The summed E-state index contributed by atoms with van der Waals surface area (Å²) in [4.78, 5) is 50.9. The molecule has 0 saturated heterocycles. The van der Waals surface area contributed by atoms with Gasteiger partial charge in [0.05, 0.1) is 6.04 Å². The molecular weight excluding hydrogens is 478 g/mol. The number of amides is 3. The summed E-state index contributed by atoms with van der Waals surface area (Å²) >= 11 is 0. The second-order valence-electron chi connectivity index (χ2n) is 9.76. The van der Waals surface area contributed by atoms with Gasteiger partial charge in [-0.25, -0.2) is 4.79 Å². The molecule has 0 saturated carbocycles. The van der Waals surface area contributed by atoms with Crippen LogP contribution in [0, 0.1) is 11.8 Å². The summed E-state index contributed by atoms with van der Waals surface area (Å²) < 4.78 is 0. The number of hydrogen-bond donors (Lipinski definition) is 7. The number of carbonyl (C=O) groups excluding carboxylic acids is 3. The van der Waals surface area contributed by atoms with E-state index in [9.17, 15) is 29.4 Å². The zero-order chi connectivity index (χ0) is 28.1. The third kappa shape index (κ3) is 10.8. The molecule has 1 aromatic carbocycles. The molecule has 1 rings (SSSR count). The van der Waals surface area contributed by atoms with Crippen molar-refractivity contribution in [2.45, 2.75) is 84.0 Å². The molecule has 0 spiro atoms.